The smallest absolute Gasteiger partial charge is 0.295 e. The lowest BCUT2D eigenvalue weighted by atomic mass is 9.99. The van der Waals surface area contributed by atoms with E-state index in [1.807, 2.05) is 6.07 Å². The Kier molecular flexibility index (Phi) is 5.27. The summed E-state index contributed by atoms with van der Waals surface area (Å²) in [5.74, 6) is -1.04. The molecule has 0 unspecified atom stereocenters. The van der Waals surface area contributed by atoms with Gasteiger partial charge in [0.1, 0.15) is 17.6 Å². The Bertz CT molecular complexity index is 869. The third kappa shape index (κ3) is 3.46. The van der Waals surface area contributed by atoms with Crippen molar-refractivity contribution in [2.24, 2.45) is 0 Å². The lowest BCUT2D eigenvalue weighted by Crippen LogP contribution is -2.42. The molecule has 7 nitrogen and oxygen atoms in total. The molecular weight excluding hydrogens is 360 g/mol. The highest BCUT2D eigenvalue weighted by molar-refractivity contribution is 6.46. The van der Waals surface area contributed by atoms with Gasteiger partial charge in [-0.3, -0.25) is 14.5 Å². The van der Waals surface area contributed by atoms with Gasteiger partial charge in [-0.05, 0) is 12.1 Å². The molecule has 0 saturated carbocycles. The molecular formula is C21H22N2O5. The molecule has 4 rings (SSSR count). The van der Waals surface area contributed by atoms with E-state index in [4.69, 9.17) is 9.15 Å². The van der Waals surface area contributed by atoms with E-state index in [0.29, 0.717) is 37.6 Å². The minimum Gasteiger partial charge on any atom is -0.507 e. The molecule has 1 aromatic carbocycles. The SMILES string of the molecule is O=C1C(=O)N(CCN2CCOCC2)[C@H](c2ccco2)C1=C(O)c1ccccc1. The number of rotatable bonds is 5. The number of ether oxygens (including phenoxy) is 1. The van der Waals surface area contributed by atoms with Gasteiger partial charge in [-0.25, -0.2) is 0 Å². The summed E-state index contributed by atoms with van der Waals surface area (Å²) in [6, 6.07) is 11.5. The molecule has 0 radical (unpaired) electrons. The Morgan fingerprint density at radius 3 is 2.46 bits per heavy atom. The van der Waals surface area contributed by atoms with Gasteiger partial charge in [-0.2, -0.15) is 0 Å². The summed E-state index contributed by atoms with van der Waals surface area (Å²) < 4.78 is 10.9. The number of hydrogen-bond acceptors (Lipinski definition) is 6. The fourth-order valence-electron chi connectivity index (χ4n) is 3.68. The van der Waals surface area contributed by atoms with Crippen LogP contribution in [0.5, 0.6) is 0 Å². The fourth-order valence-corrected chi connectivity index (χ4v) is 3.68. The molecule has 2 saturated heterocycles. The molecule has 3 heterocycles. The second-order valence-electron chi connectivity index (χ2n) is 6.83. The van der Waals surface area contributed by atoms with Crippen LogP contribution >= 0.6 is 0 Å². The summed E-state index contributed by atoms with van der Waals surface area (Å²) >= 11 is 0. The zero-order chi connectivity index (χ0) is 19.5. The number of likely N-dealkylation sites (tertiary alicyclic amines) is 1. The van der Waals surface area contributed by atoms with E-state index in [0.717, 1.165) is 13.1 Å². The molecule has 1 atom stereocenters. The Morgan fingerprint density at radius 1 is 1.04 bits per heavy atom. The quantitative estimate of drug-likeness (QED) is 0.484. The molecule has 2 aliphatic rings. The second kappa shape index (κ2) is 8.00. The summed E-state index contributed by atoms with van der Waals surface area (Å²) in [5, 5.41) is 10.8. The molecule has 2 aliphatic heterocycles. The number of aliphatic hydroxyl groups is 1. The molecule has 0 bridgehead atoms. The predicted octanol–water partition coefficient (Wildman–Crippen LogP) is 2.03. The number of amides is 1. The molecule has 146 valence electrons. The first-order valence-electron chi connectivity index (χ1n) is 9.34. The number of hydrogen-bond donors (Lipinski definition) is 1. The number of benzene rings is 1. The van der Waals surface area contributed by atoms with E-state index in [2.05, 4.69) is 4.90 Å². The first-order chi connectivity index (χ1) is 13.7. The number of furan rings is 1. The van der Waals surface area contributed by atoms with Crippen molar-refractivity contribution in [2.45, 2.75) is 6.04 Å². The van der Waals surface area contributed by atoms with E-state index < -0.39 is 17.7 Å². The van der Waals surface area contributed by atoms with Crippen molar-refractivity contribution in [3.8, 4) is 0 Å². The van der Waals surface area contributed by atoms with E-state index in [-0.39, 0.29) is 11.3 Å². The summed E-state index contributed by atoms with van der Waals surface area (Å²) in [6.45, 7) is 3.89. The van der Waals surface area contributed by atoms with Crippen LogP contribution in [0, 0.1) is 0 Å². The summed E-state index contributed by atoms with van der Waals surface area (Å²) in [6.07, 6.45) is 1.50. The van der Waals surface area contributed by atoms with Gasteiger partial charge in [0.05, 0.1) is 25.1 Å². The monoisotopic (exact) mass is 382 g/mol. The molecule has 28 heavy (non-hydrogen) atoms. The minimum absolute atomic E-state index is 0.0631. The maximum Gasteiger partial charge on any atom is 0.295 e. The second-order valence-corrected chi connectivity index (χ2v) is 6.83. The van der Waals surface area contributed by atoms with Gasteiger partial charge in [-0.1, -0.05) is 30.3 Å². The van der Waals surface area contributed by atoms with E-state index in [1.54, 1.807) is 36.4 Å². The van der Waals surface area contributed by atoms with Crippen molar-refractivity contribution in [2.75, 3.05) is 39.4 Å². The van der Waals surface area contributed by atoms with Crippen molar-refractivity contribution in [3.63, 3.8) is 0 Å². The van der Waals surface area contributed by atoms with Gasteiger partial charge in [0.15, 0.2) is 0 Å². The molecule has 0 spiro atoms. The van der Waals surface area contributed by atoms with Gasteiger partial charge >= 0.3 is 0 Å². The highest BCUT2D eigenvalue weighted by atomic mass is 16.5. The van der Waals surface area contributed by atoms with E-state index in [9.17, 15) is 14.7 Å². The number of nitrogens with zero attached hydrogens (tertiary/aromatic N) is 2. The van der Waals surface area contributed by atoms with Crippen LogP contribution in [0.25, 0.3) is 5.76 Å². The van der Waals surface area contributed by atoms with Gasteiger partial charge < -0.3 is 19.2 Å². The predicted molar refractivity (Wildman–Crippen MR) is 101 cm³/mol. The van der Waals surface area contributed by atoms with Crippen LogP contribution in [-0.4, -0.2) is 66.0 Å². The number of carbonyl (C=O) groups excluding carboxylic acids is 2. The Morgan fingerprint density at radius 2 is 1.79 bits per heavy atom. The Labute approximate surface area is 162 Å². The first kappa shape index (κ1) is 18.5. The van der Waals surface area contributed by atoms with Gasteiger partial charge in [0.25, 0.3) is 11.7 Å². The topological polar surface area (TPSA) is 83.2 Å². The highest BCUT2D eigenvalue weighted by Gasteiger charge is 2.47. The van der Waals surface area contributed by atoms with Crippen molar-refractivity contribution in [1.29, 1.82) is 0 Å². The minimum atomic E-state index is -0.740. The third-order valence-electron chi connectivity index (χ3n) is 5.16. The van der Waals surface area contributed by atoms with Gasteiger partial charge in [0.2, 0.25) is 0 Å². The van der Waals surface area contributed by atoms with Crippen LogP contribution in [0.2, 0.25) is 0 Å². The summed E-state index contributed by atoms with van der Waals surface area (Å²) in [7, 11) is 0. The lowest BCUT2D eigenvalue weighted by molar-refractivity contribution is -0.140. The number of aliphatic hydroxyl groups excluding tert-OH is 1. The molecule has 7 heteroatoms. The van der Waals surface area contributed by atoms with Gasteiger partial charge in [-0.15, -0.1) is 0 Å². The van der Waals surface area contributed by atoms with Gasteiger partial charge in [0, 0.05) is 31.7 Å². The van der Waals surface area contributed by atoms with E-state index >= 15 is 0 Å². The normalized spacial score (nSPS) is 22.7. The zero-order valence-electron chi connectivity index (χ0n) is 15.4. The van der Waals surface area contributed by atoms with Crippen molar-refractivity contribution in [3.05, 3.63) is 65.6 Å². The molecule has 1 aromatic heterocycles. The number of carbonyl (C=O) groups is 2. The largest absolute Gasteiger partial charge is 0.507 e. The van der Waals surface area contributed by atoms with Crippen molar-refractivity contribution in [1.82, 2.24) is 9.80 Å². The molecule has 0 aliphatic carbocycles. The average Bonchev–Trinajstić information content (AvgIpc) is 3.35. The average molecular weight is 382 g/mol. The third-order valence-corrected chi connectivity index (χ3v) is 5.16. The standard InChI is InChI=1S/C21H22N2O5/c24-19(15-5-2-1-3-6-15)17-18(16-7-4-12-28-16)23(21(26)20(17)25)9-8-22-10-13-27-14-11-22/h1-7,12,18,24H,8-11,13-14H2/t18-/m1/s1. The van der Waals surface area contributed by atoms with Crippen LogP contribution < -0.4 is 0 Å². The fraction of sp³-hybridized carbons (Fsp3) is 0.333. The van der Waals surface area contributed by atoms with Crippen molar-refractivity contribution >= 4 is 17.4 Å². The van der Waals surface area contributed by atoms with Crippen LogP contribution in [-0.2, 0) is 14.3 Å². The first-order valence-corrected chi connectivity index (χ1v) is 9.34. The summed E-state index contributed by atoms with van der Waals surface area (Å²) in [4.78, 5) is 29.3. The summed E-state index contributed by atoms with van der Waals surface area (Å²) in [5.41, 5.74) is 0.554. The van der Waals surface area contributed by atoms with Crippen LogP contribution in [0.4, 0.5) is 0 Å². The molecule has 2 fully saturated rings. The van der Waals surface area contributed by atoms with Crippen molar-refractivity contribution < 1.29 is 23.8 Å². The number of ketones is 1. The maximum absolute atomic E-state index is 12.8. The maximum atomic E-state index is 12.8. The number of morpholine rings is 1. The van der Waals surface area contributed by atoms with Crippen LogP contribution in [0.1, 0.15) is 17.4 Å². The van der Waals surface area contributed by atoms with Crippen LogP contribution in [0.15, 0.2) is 58.7 Å². The molecule has 1 N–H and O–H groups in total. The molecule has 2 aromatic rings. The lowest BCUT2D eigenvalue weighted by Gasteiger charge is -2.30. The zero-order valence-corrected chi connectivity index (χ0v) is 15.4. The Balaban J connectivity index is 1.68. The van der Waals surface area contributed by atoms with Crippen LogP contribution in [0.3, 0.4) is 0 Å². The highest BCUT2D eigenvalue weighted by Crippen LogP contribution is 2.39. The number of Topliss-reactive ketones (excluding diaryl/α,β-unsaturated/α-hetero) is 1. The Hall–Kier alpha value is -2.90. The molecule has 1 amide bonds. The van der Waals surface area contributed by atoms with E-state index in [1.165, 1.54) is 11.2 Å².